The van der Waals surface area contributed by atoms with E-state index in [-0.39, 0.29) is 17.1 Å². The Hall–Kier alpha value is -1.97. The molecule has 0 N–H and O–H groups in total. The molecule has 2 aliphatic carbocycles. The van der Waals surface area contributed by atoms with E-state index in [2.05, 4.69) is 94.9 Å². The smallest absolute Gasteiger partial charge is 0.261 e. The van der Waals surface area contributed by atoms with Crippen molar-refractivity contribution in [2.75, 3.05) is 0 Å². The number of carbonyl (C=O) groups excluding carboxylic acids is 1. The number of allylic oxidation sites excluding steroid dienone is 1. The summed E-state index contributed by atoms with van der Waals surface area (Å²) in [4.78, 5) is 12.5. The van der Waals surface area contributed by atoms with Gasteiger partial charge in [0.25, 0.3) is 8.32 Å². The summed E-state index contributed by atoms with van der Waals surface area (Å²) in [6, 6.07) is 21.8. The third-order valence-corrected chi connectivity index (χ3v) is 12.8. The molecule has 2 aromatic carbocycles. The van der Waals surface area contributed by atoms with Crippen molar-refractivity contribution in [1.82, 2.24) is 0 Å². The first-order valence-corrected chi connectivity index (χ1v) is 13.6. The molecule has 0 heterocycles. The molecule has 2 nitrogen and oxygen atoms in total. The molecule has 2 aliphatic rings. The lowest BCUT2D eigenvalue weighted by molar-refractivity contribution is -0.121. The molecular weight excluding hydrogens is 396 g/mol. The van der Waals surface area contributed by atoms with Crippen LogP contribution < -0.4 is 10.4 Å². The second-order valence-corrected chi connectivity index (χ2v) is 14.8. The summed E-state index contributed by atoms with van der Waals surface area (Å²) in [5.41, 5.74) is 0. The summed E-state index contributed by atoms with van der Waals surface area (Å²) in [6.07, 6.45) is 4.82. The average molecular weight is 433 g/mol. The number of ketones is 1. The molecule has 5 atom stereocenters. The molecule has 164 valence electrons. The van der Waals surface area contributed by atoms with Crippen LogP contribution in [0.15, 0.2) is 73.3 Å². The van der Waals surface area contributed by atoms with Crippen molar-refractivity contribution in [3.8, 4) is 0 Å². The number of rotatable bonds is 6. The molecule has 3 heteroatoms. The summed E-state index contributed by atoms with van der Waals surface area (Å²) >= 11 is 0. The van der Waals surface area contributed by atoms with Gasteiger partial charge in [-0.3, -0.25) is 4.79 Å². The first kappa shape index (κ1) is 22.2. The number of fused-ring (bicyclic) bond motifs is 1. The van der Waals surface area contributed by atoms with Crippen LogP contribution in [-0.2, 0) is 9.22 Å². The summed E-state index contributed by atoms with van der Waals surface area (Å²) in [5, 5.41) is 2.62. The summed E-state index contributed by atoms with van der Waals surface area (Å²) in [6.45, 7) is 13.2. The monoisotopic (exact) mass is 432 g/mol. The normalized spacial score (nSPS) is 28.5. The molecule has 0 saturated heterocycles. The fraction of sp³-hybridized carbons (Fsp3) is 0.464. The van der Waals surface area contributed by atoms with E-state index in [9.17, 15) is 4.79 Å². The van der Waals surface area contributed by atoms with Gasteiger partial charge in [0.1, 0.15) is 5.78 Å². The topological polar surface area (TPSA) is 26.3 Å². The van der Waals surface area contributed by atoms with Gasteiger partial charge in [0.2, 0.25) is 0 Å². The predicted molar refractivity (Wildman–Crippen MR) is 131 cm³/mol. The van der Waals surface area contributed by atoms with E-state index in [1.807, 2.05) is 6.08 Å². The van der Waals surface area contributed by atoms with E-state index in [4.69, 9.17) is 4.43 Å². The number of hydrogen-bond acceptors (Lipinski definition) is 2. The standard InChI is InChI=1S/C28H36O2Si/c1-6-13-24-26(19-21-18-25(29)20(2)27(21)24)30-31(28(3,4)5,22-14-9-7-10-15-22)23-16-11-8-12-17-23/h6-12,14-17,20-21,24,26-27H,1,13,18-19H2,2-5H3/t20-,21-,24-,26+,27-/m0/s1. The van der Waals surface area contributed by atoms with Crippen molar-refractivity contribution in [1.29, 1.82) is 0 Å². The lowest BCUT2D eigenvalue weighted by Crippen LogP contribution is -2.68. The van der Waals surface area contributed by atoms with Crippen LogP contribution in [0.5, 0.6) is 0 Å². The Labute approximate surface area is 188 Å². The Bertz CT molecular complexity index is 876. The summed E-state index contributed by atoms with van der Waals surface area (Å²) < 4.78 is 7.50. The Morgan fingerprint density at radius 3 is 2.06 bits per heavy atom. The highest BCUT2D eigenvalue weighted by Gasteiger charge is 2.57. The van der Waals surface area contributed by atoms with E-state index >= 15 is 0 Å². The highest BCUT2D eigenvalue weighted by atomic mass is 28.4. The van der Waals surface area contributed by atoms with Crippen molar-refractivity contribution in [2.45, 2.75) is 58.1 Å². The van der Waals surface area contributed by atoms with Gasteiger partial charge in [-0.25, -0.2) is 0 Å². The van der Waals surface area contributed by atoms with Gasteiger partial charge < -0.3 is 4.43 Å². The number of carbonyl (C=O) groups is 1. The Morgan fingerprint density at radius 2 is 1.58 bits per heavy atom. The third kappa shape index (κ3) is 3.76. The molecule has 2 aromatic rings. The molecule has 4 rings (SSSR count). The quantitative estimate of drug-likeness (QED) is 0.453. The highest BCUT2D eigenvalue weighted by molar-refractivity contribution is 6.99. The maximum absolute atomic E-state index is 12.5. The zero-order valence-electron chi connectivity index (χ0n) is 19.4. The van der Waals surface area contributed by atoms with Crippen molar-refractivity contribution < 1.29 is 9.22 Å². The molecule has 0 bridgehead atoms. The third-order valence-electron chi connectivity index (χ3n) is 7.78. The molecule has 0 radical (unpaired) electrons. The van der Waals surface area contributed by atoms with Gasteiger partial charge in [-0.05, 0) is 46.0 Å². The Morgan fingerprint density at radius 1 is 1.03 bits per heavy atom. The molecule has 2 saturated carbocycles. The summed E-state index contributed by atoms with van der Waals surface area (Å²) in [5.74, 6) is 1.82. The van der Waals surface area contributed by atoms with E-state index in [0.29, 0.717) is 23.5 Å². The van der Waals surface area contributed by atoms with Gasteiger partial charge >= 0.3 is 0 Å². The Kier molecular flexibility index (Phi) is 6.11. The second kappa shape index (κ2) is 8.52. The van der Waals surface area contributed by atoms with Gasteiger partial charge in [0.15, 0.2) is 0 Å². The zero-order chi connectivity index (χ0) is 22.2. The molecule has 31 heavy (non-hydrogen) atoms. The maximum Gasteiger partial charge on any atom is 0.261 e. The van der Waals surface area contributed by atoms with Crippen molar-refractivity contribution in [3.63, 3.8) is 0 Å². The first-order valence-electron chi connectivity index (χ1n) is 11.7. The van der Waals surface area contributed by atoms with Crippen molar-refractivity contribution in [2.24, 2.45) is 23.7 Å². The van der Waals surface area contributed by atoms with E-state index in [1.54, 1.807) is 0 Å². The largest absolute Gasteiger partial charge is 0.404 e. The molecule has 0 aliphatic heterocycles. The van der Waals surface area contributed by atoms with Gasteiger partial charge in [-0.2, -0.15) is 0 Å². The minimum Gasteiger partial charge on any atom is -0.404 e. The van der Waals surface area contributed by atoms with Crippen LogP contribution in [0.1, 0.15) is 47.0 Å². The lowest BCUT2D eigenvalue weighted by atomic mass is 9.83. The minimum absolute atomic E-state index is 0.0342. The number of Topliss-reactive ketones (excluding diaryl/α,β-unsaturated/α-hetero) is 1. The molecule has 2 fully saturated rings. The number of hydrogen-bond donors (Lipinski definition) is 0. The van der Waals surface area contributed by atoms with Crippen LogP contribution in [0.2, 0.25) is 5.04 Å². The molecule has 0 unspecified atom stereocenters. The van der Waals surface area contributed by atoms with Gasteiger partial charge in [0.05, 0.1) is 0 Å². The fourth-order valence-electron chi connectivity index (χ4n) is 6.44. The minimum atomic E-state index is -2.59. The van der Waals surface area contributed by atoms with Crippen LogP contribution in [0.4, 0.5) is 0 Å². The molecule has 0 spiro atoms. The first-order chi connectivity index (χ1) is 14.8. The van der Waals surface area contributed by atoms with E-state index in [1.165, 1.54) is 10.4 Å². The van der Waals surface area contributed by atoms with Gasteiger partial charge in [-0.15, -0.1) is 6.58 Å². The van der Waals surface area contributed by atoms with Crippen LogP contribution >= 0.6 is 0 Å². The van der Waals surface area contributed by atoms with E-state index < -0.39 is 8.32 Å². The average Bonchev–Trinajstić information content (AvgIpc) is 3.22. The van der Waals surface area contributed by atoms with Crippen molar-refractivity contribution in [3.05, 3.63) is 73.3 Å². The van der Waals surface area contributed by atoms with Crippen molar-refractivity contribution >= 4 is 24.5 Å². The fourth-order valence-corrected chi connectivity index (χ4v) is 11.2. The highest BCUT2D eigenvalue weighted by Crippen LogP contribution is 2.53. The van der Waals surface area contributed by atoms with Gasteiger partial charge in [0, 0.05) is 18.4 Å². The maximum atomic E-state index is 12.5. The SMILES string of the molecule is C=CC[C@@H]1[C@@H]2[C@@H](CC(=O)[C@@H]2C)C[C@H]1O[Si](c1ccccc1)(c1ccccc1)C(C)(C)C. The van der Waals surface area contributed by atoms with Crippen LogP contribution in [0.25, 0.3) is 0 Å². The Balaban J connectivity index is 1.82. The van der Waals surface area contributed by atoms with Crippen LogP contribution in [0.3, 0.4) is 0 Å². The number of benzene rings is 2. The lowest BCUT2D eigenvalue weighted by Gasteiger charge is -2.46. The van der Waals surface area contributed by atoms with E-state index in [0.717, 1.165) is 19.3 Å². The van der Waals surface area contributed by atoms with Gasteiger partial charge in [-0.1, -0.05) is 94.4 Å². The van der Waals surface area contributed by atoms with Crippen LogP contribution in [0, 0.1) is 23.7 Å². The second-order valence-electron chi connectivity index (χ2n) is 10.5. The zero-order valence-corrected chi connectivity index (χ0v) is 20.4. The molecule has 0 aromatic heterocycles. The predicted octanol–water partition coefficient (Wildman–Crippen LogP) is 5.37. The molecule has 0 amide bonds. The van der Waals surface area contributed by atoms with Crippen LogP contribution in [-0.4, -0.2) is 20.2 Å². The molecular formula is C28H36O2Si. The summed E-state index contributed by atoms with van der Waals surface area (Å²) in [7, 11) is -2.59.